The lowest BCUT2D eigenvalue weighted by molar-refractivity contribution is 0.489. The number of rotatable bonds is 4. The van der Waals surface area contributed by atoms with Crippen molar-refractivity contribution >= 4 is 23.1 Å². The van der Waals surface area contributed by atoms with E-state index in [1.165, 1.54) is 62.1 Å². The van der Waals surface area contributed by atoms with Crippen molar-refractivity contribution in [1.29, 1.82) is 0 Å². The topological polar surface area (TPSA) is 24.9 Å². The lowest BCUT2D eigenvalue weighted by Crippen LogP contribution is -2.21. The third kappa shape index (κ3) is 3.34. The van der Waals surface area contributed by atoms with Crippen LogP contribution in [-0.2, 0) is 12.2 Å². The van der Waals surface area contributed by atoms with Gasteiger partial charge >= 0.3 is 0 Å². The van der Waals surface area contributed by atoms with Crippen molar-refractivity contribution in [2.24, 2.45) is 0 Å². The van der Waals surface area contributed by atoms with Gasteiger partial charge in [0.05, 0.1) is 11.7 Å². The van der Waals surface area contributed by atoms with E-state index < -0.39 is 0 Å². The molecule has 1 heterocycles. The summed E-state index contributed by atoms with van der Waals surface area (Å²) < 4.78 is 0. The summed E-state index contributed by atoms with van der Waals surface area (Å²) in [7, 11) is 2.07. The first-order chi connectivity index (χ1) is 9.36. The molecule has 1 atom stereocenters. The zero-order valence-electron chi connectivity index (χ0n) is 11.8. The normalized spacial score (nSPS) is 24.4. The quantitative estimate of drug-likeness (QED) is 0.896. The smallest absolute Gasteiger partial charge is 0.103 e. The Morgan fingerprint density at radius 3 is 2.84 bits per heavy atom. The van der Waals surface area contributed by atoms with E-state index in [9.17, 15) is 0 Å². The second-order valence-corrected chi connectivity index (χ2v) is 8.18. The summed E-state index contributed by atoms with van der Waals surface area (Å²) in [5.74, 6) is 1.14. The Bertz CT molecular complexity index is 410. The summed E-state index contributed by atoms with van der Waals surface area (Å²) in [4.78, 5) is 6.47. The molecule has 0 spiro atoms. The molecular weight excluding hydrogens is 272 g/mol. The number of nitrogens with zero attached hydrogens (tertiary/aromatic N) is 1. The van der Waals surface area contributed by atoms with Crippen molar-refractivity contribution in [2.75, 3.05) is 7.05 Å². The molecule has 1 aromatic rings. The largest absolute Gasteiger partial charge is 0.312 e. The highest BCUT2D eigenvalue weighted by Gasteiger charge is 2.23. The average molecular weight is 297 g/mol. The molecule has 1 aromatic heterocycles. The molecule has 0 radical (unpaired) electrons. The Labute approximate surface area is 124 Å². The highest BCUT2D eigenvalue weighted by molar-refractivity contribution is 7.99. The third-order valence-electron chi connectivity index (χ3n) is 4.34. The summed E-state index contributed by atoms with van der Waals surface area (Å²) in [5, 5.41) is 5.68. The van der Waals surface area contributed by atoms with Gasteiger partial charge in [-0.3, -0.25) is 0 Å². The van der Waals surface area contributed by atoms with Crippen LogP contribution < -0.4 is 5.32 Å². The summed E-state index contributed by atoms with van der Waals surface area (Å²) in [6, 6.07) is 0.508. The number of hydrogen-bond acceptors (Lipinski definition) is 4. The number of thiazole rings is 1. The van der Waals surface area contributed by atoms with Crippen molar-refractivity contribution in [2.45, 2.75) is 68.4 Å². The maximum absolute atomic E-state index is 4.92. The van der Waals surface area contributed by atoms with Crippen LogP contribution in [0.4, 0.5) is 0 Å². The first-order valence-electron chi connectivity index (χ1n) is 7.64. The van der Waals surface area contributed by atoms with E-state index in [2.05, 4.69) is 24.1 Å². The fourth-order valence-electron chi connectivity index (χ4n) is 3.23. The zero-order valence-corrected chi connectivity index (χ0v) is 13.4. The first-order valence-corrected chi connectivity index (χ1v) is 9.50. The SMILES string of the molecule is CNC1CCCc2sc(CSC3CCCCC3)nc21. The highest BCUT2D eigenvalue weighted by atomic mass is 32.2. The number of hydrogen-bond donors (Lipinski definition) is 1. The average Bonchev–Trinajstić information content (AvgIpc) is 2.89. The molecule has 2 aliphatic rings. The number of nitrogens with one attached hydrogen (secondary N) is 1. The minimum Gasteiger partial charge on any atom is -0.312 e. The van der Waals surface area contributed by atoms with E-state index in [-0.39, 0.29) is 0 Å². The molecule has 19 heavy (non-hydrogen) atoms. The van der Waals surface area contributed by atoms with Gasteiger partial charge in [0.1, 0.15) is 5.01 Å². The summed E-state index contributed by atoms with van der Waals surface area (Å²) >= 11 is 4.12. The molecule has 3 rings (SSSR count). The lowest BCUT2D eigenvalue weighted by Gasteiger charge is -2.20. The van der Waals surface area contributed by atoms with Gasteiger partial charge in [-0.2, -0.15) is 11.8 Å². The molecule has 0 saturated heterocycles. The van der Waals surface area contributed by atoms with Crippen LogP contribution >= 0.6 is 23.1 Å². The molecule has 0 bridgehead atoms. The van der Waals surface area contributed by atoms with Crippen molar-refractivity contribution in [3.05, 3.63) is 15.6 Å². The van der Waals surface area contributed by atoms with Gasteiger partial charge in [0.15, 0.2) is 0 Å². The van der Waals surface area contributed by atoms with Gasteiger partial charge in [0.2, 0.25) is 0 Å². The molecule has 0 aromatic carbocycles. The maximum Gasteiger partial charge on any atom is 0.103 e. The van der Waals surface area contributed by atoms with Crippen molar-refractivity contribution in [1.82, 2.24) is 10.3 Å². The lowest BCUT2D eigenvalue weighted by atomic mass is 9.98. The predicted molar refractivity (Wildman–Crippen MR) is 85.0 cm³/mol. The second kappa shape index (κ2) is 6.59. The molecule has 1 N–H and O–H groups in total. The van der Waals surface area contributed by atoms with Gasteiger partial charge < -0.3 is 5.32 Å². The fourth-order valence-corrected chi connectivity index (χ4v) is 5.75. The monoisotopic (exact) mass is 296 g/mol. The van der Waals surface area contributed by atoms with Gasteiger partial charge in [-0.1, -0.05) is 19.3 Å². The Morgan fingerprint density at radius 1 is 1.21 bits per heavy atom. The Morgan fingerprint density at radius 2 is 2.05 bits per heavy atom. The minimum atomic E-state index is 0.508. The second-order valence-electron chi connectivity index (χ2n) is 5.72. The molecule has 4 heteroatoms. The molecular formula is C15H24N2S2. The summed E-state index contributed by atoms with van der Waals surface area (Å²) in [6.07, 6.45) is 11.0. The minimum absolute atomic E-state index is 0.508. The van der Waals surface area contributed by atoms with E-state index in [0.29, 0.717) is 6.04 Å². The highest BCUT2D eigenvalue weighted by Crippen LogP contribution is 2.36. The number of aryl methyl sites for hydroxylation is 1. The van der Waals surface area contributed by atoms with E-state index >= 15 is 0 Å². The van der Waals surface area contributed by atoms with Crippen LogP contribution in [0.15, 0.2) is 0 Å². The van der Waals surface area contributed by atoms with Crippen LogP contribution in [0.3, 0.4) is 0 Å². The molecule has 106 valence electrons. The Hall–Kier alpha value is -0.0600. The van der Waals surface area contributed by atoms with Gasteiger partial charge in [0.25, 0.3) is 0 Å². The molecule has 2 aliphatic carbocycles. The standard InChI is InChI=1S/C15H24N2S2/c1-16-12-8-5-9-13-15(12)17-14(19-13)10-18-11-6-3-2-4-7-11/h11-12,16H,2-10H2,1H3. The molecule has 1 unspecified atom stereocenters. The van der Waals surface area contributed by atoms with Crippen molar-refractivity contribution in [3.8, 4) is 0 Å². The first kappa shape index (κ1) is 13.9. The van der Waals surface area contributed by atoms with Crippen LogP contribution in [-0.4, -0.2) is 17.3 Å². The molecule has 0 aliphatic heterocycles. The Kier molecular flexibility index (Phi) is 4.83. The van der Waals surface area contributed by atoms with Crippen LogP contribution in [0.2, 0.25) is 0 Å². The van der Waals surface area contributed by atoms with Gasteiger partial charge in [0, 0.05) is 15.9 Å². The van der Waals surface area contributed by atoms with E-state index in [4.69, 9.17) is 4.98 Å². The van der Waals surface area contributed by atoms with E-state index in [1.54, 1.807) is 4.88 Å². The number of aromatic nitrogens is 1. The molecule has 2 nitrogen and oxygen atoms in total. The maximum atomic E-state index is 4.92. The zero-order chi connectivity index (χ0) is 13.1. The third-order valence-corrected chi connectivity index (χ3v) is 7.04. The molecule has 1 saturated carbocycles. The van der Waals surface area contributed by atoms with Crippen molar-refractivity contribution < 1.29 is 0 Å². The van der Waals surface area contributed by atoms with Gasteiger partial charge in [-0.15, -0.1) is 11.3 Å². The van der Waals surface area contributed by atoms with Crippen LogP contribution in [0.25, 0.3) is 0 Å². The molecule has 0 amide bonds. The van der Waals surface area contributed by atoms with Crippen LogP contribution in [0.1, 0.15) is 66.6 Å². The van der Waals surface area contributed by atoms with Crippen LogP contribution in [0.5, 0.6) is 0 Å². The van der Waals surface area contributed by atoms with Crippen molar-refractivity contribution in [3.63, 3.8) is 0 Å². The van der Waals surface area contributed by atoms with E-state index in [1.807, 2.05) is 11.3 Å². The Balaban J connectivity index is 1.60. The van der Waals surface area contributed by atoms with Gasteiger partial charge in [-0.05, 0) is 39.2 Å². The fraction of sp³-hybridized carbons (Fsp3) is 0.800. The number of fused-ring (bicyclic) bond motifs is 1. The summed E-state index contributed by atoms with van der Waals surface area (Å²) in [5.41, 5.74) is 1.36. The number of thioether (sulfide) groups is 1. The summed E-state index contributed by atoms with van der Waals surface area (Å²) in [6.45, 7) is 0. The van der Waals surface area contributed by atoms with Crippen LogP contribution in [0, 0.1) is 0 Å². The van der Waals surface area contributed by atoms with E-state index in [0.717, 1.165) is 11.0 Å². The van der Waals surface area contributed by atoms with Gasteiger partial charge in [-0.25, -0.2) is 4.98 Å². The predicted octanol–water partition coefficient (Wildman–Crippen LogP) is 4.31. The molecule has 1 fully saturated rings.